The van der Waals surface area contributed by atoms with E-state index in [0.717, 1.165) is 24.5 Å². The first-order valence-corrected chi connectivity index (χ1v) is 6.33. The van der Waals surface area contributed by atoms with Gasteiger partial charge in [0.2, 0.25) is 0 Å². The molecule has 0 aromatic heterocycles. The summed E-state index contributed by atoms with van der Waals surface area (Å²) in [5.74, 6) is 0.945. The van der Waals surface area contributed by atoms with Crippen molar-refractivity contribution >= 4 is 5.69 Å². The molecule has 3 nitrogen and oxygen atoms in total. The van der Waals surface area contributed by atoms with E-state index < -0.39 is 0 Å². The molecule has 0 unspecified atom stereocenters. The van der Waals surface area contributed by atoms with Crippen LogP contribution in [0.5, 0.6) is 5.75 Å². The first kappa shape index (κ1) is 13.8. The number of nitrogen functional groups attached to an aromatic ring is 1. The molecule has 1 aromatic carbocycles. The van der Waals surface area contributed by atoms with Gasteiger partial charge in [0.05, 0.1) is 6.61 Å². The summed E-state index contributed by atoms with van der Waals surface area (Å²) < 4.78 is 5.63. The van der Waals surface area contributed by atoms with E-state index in [1.165, 1.54) is 5.56 Å². The van der Waals surface area contributed by atoms with Gasteiger partial charge in [-0.2, -0.15) is 0 Å². The van der Waals surface area contributed by atoms with E-state index in [9.17, 15) is 0 Å². The smallest absolute Gasteiger partial charge is 0.123 e. The van der Waals surface area contributed by atoms with E-state index >= 15 is 0 Å². The summed E-state index contributed by atoms with van der Waals surface area (Å²) in [6.45, 7) is 11.2. The Kier molecular flexibility index (Phi) is 5.29. The molecular formula is C14H24N2O. The molecule has 0 saturated carbocycles. The van der Waals surface area contributed by atoms with Gasteiger partial charge in [0.25, 0.3) is 0 Å². The minimum absolute atomic E-state index is 0.524. The Morgan fingerprint density at radius 2 is 2.00 bits per heavy atom. The van der Waals surface area contributed by atoms with Crippen molar-refractivity contribution < 1.29 is 4.74 Å². The normalized spacial score (nSPS) is 11.2. The number of hydrogen-bond donors (Lipinski definition) is 1. The van der Waals surface area contributed by atoms with Crippen LogP contribution in [0.25, 0.3) is 0 Å². The lowest BCUT2D eigenvalue weighted by Gasteiger charge is -2.25. The summed E-state index contributed by atoms with van der Waals surface area (Å²) in [7, 11) is 0. The van der Waals surface area contributed by atoms with Crippen molar-refractivity contribution in [1.29, 1.82) is 0 Å². The van der Waals surface area contributed by atoms with E-state index in [-0.39, 0.29) is 0 Å². The molecule has 17 heavy (non-hydrogen) atoms. The summed E-state index contributed by atoms with van der Waals surface area (Å²) in [4.78, 5) is 2.39. The summed E-state index contributed by atoms with van der Waals surface area (Å²) in [5, 5.41) is 0. The van der Waals surface area contributed by atoms with Gasteiger partial charge in [-0.3, -0.25) is 4.90 Å². The van der Waals surface area contributed by atoms with Crippen LogP contribution in [0, 0.1) is 0 Å². The molecular weight excluding hydrogens is 212 g/mol. The Hall–Kier alpha value is -1.22. The zero-order valence-electron chi connectivity index (χ0n) is 11.4. The average molecular weight is 236 g/mol. The van der Waals surface area contributed by atoms with Crippen LogP contribution in [0.1, 0.15) is 33.3 Å². The minimum atomic E-state index is 0.524. The topological polar surface area (TPSA) is 38.5 Å². The van der Waals surface area contributed by atoms with E-state index in [2.05, 4.69) is 25.7 Å². The van der Waals surface area contributed by atoms with Gasteiger partial charge in [0.1, 0.15) is 5.75 Å². The second-order valence-corrected chi connectivity index (χ2v) is 4.46. The molecule has 0 radical (unpaired) electrons. The van der Waals surface area contributed by atoms with Crippen molar-refractivity contribution in [2.24, 2.45) is 0 Å². The predicted octanol–water partition coefficient (Wildman–Crippen LogP) is 2.90. The fourth-order valence-electron chi connectivity index (χ4n) is 1.90. The monoisotopic (exact) mass is 236 g/mol. The SMILES string of the molecule is CCOc1ccc(N)cc1CN(CC)C(C)C. The van der Waals surface area contributed by atoms with Crippen LogP contribution in [-0.2, 0) is 6.54 Å². The van der Waals surface area contributed by atoms with Gasteiger partial charge in [-0.15, -0.1) is 0 Å². The number of nitrogens with zero attached hydrogens (tertiary/aromatic N) is 1. The molecule has 1 aromatic rings. The second-order valence-electron chi connectivity index (χ2n) is 4.46. The van der Waals surface area contributed by atoms with E-state index in [4.69, 9.17) is 10.5 Å². The molecule has 0 aliphatic carbocycles. The number of anilines is 1. The molecule has 2 N–H and O–H groups in total. The summed E-state index contributed by atoms with van der Waals surface area (Å²) >= 11 is 0. The standard InChI is InChI=1S/C14H24N2O/c1-5-16(11(3)4)10-12-9-13(15)7-8-14(12)17-6-2/h7-9,11H,5-6,10,15H2,1-4H3. The third-order valence-corrected chi connectivity index (χ3v) is 2.89. The molecule has 0 aliphatic rings. The Morgan fingerprint density at radius 3 is 2.53 bits per heavy atom. The molecule has 1 rings (SSSR count). The number of rotatable bonds is 6. The first-order chi connectivity index (χ1) is 8.08. The number of hydrogen-bond acceptors (Lipinski definition) is 3. The Labute approximate surface area is 105 Å². The molecule has 96 valence electrons. The van der Waals surface area contributed by atoms with Crippen LogP contribution in [-0.4, -0.2) is 24.1 Å². The zero-order chi connectivity index (χ0) is 12.8. The molecule has 0 fully saturated rings. The Morgan fingerprint density at radius 1 is 1.29 bits per heavy atom. The molecule has 0 atom stereocenters. The quantitative estimate of drug-likeness (QED) is 0.772. The highest BCUT2D eigenvalue weighted by Crippen LogP contribution is 2.23. The van der Waals surface area contributed by atoms with Crippen LogP contribution in [0.4, 0.5) is 5.69 Å². The molecule has 0 amide bonds. The highest BCUT2D eigenvalue weighted by Gasteiger charge is 2.11. The Bertz CT molecular complexity index is 350. The largest absolute Gasteiger partial charge is 0.494 e. The van der Waals surface area contributed by atoms with Crippen LogP contribution >= 0.6 is 0 Å². The maximum Gasteiger partial charge on any atom is 0.123 e. The molecule has 0 aliphatic heterocycles. The van der Waals surface area contributed by atoms with Crippen molar-refractivity contribution in [3.8, 4) is 5.75 Å². The zero-order valence-corrected chi connectivity index (χ0v) is 11.4. The van der Waals surface area contributed by atoms with E-state index in [1.54, 1.807) is 0 Å². The first-order valence-electron chi connectivity index (χ1n) is 6.33. The maximum absolute atomic E-state index is 5.84. The van der Waals surface area contributed by atoms with Crippen LogP contribution in [0.3, 0.4) is 0 Å². The van der Waals surface area contributed by atoms with Crippen molar-refractivity contribution in [2.45, 2.75) is 40.3 Å². The van der Waals surface area contributed by atoms with Gasteiger partial charge in [-0.05, 0) is 45.5 Å². The lowest BCUT2D eigenvalue weighted by atomic mass is 10.1. The molecule has 3 heteroatoms. The van der Waals surface area contributed by atoms with Crippen LogP contribution < -0.4 is 10.5 Å². The van der Waals surface area contributed by atoms with Gasteiger partial charge >= 0.3 is 0 Å². The lowest BCUT2D eigenvalue weighted by Crippen LogP contribution is -2.30. The van der Waals surface area contributed by atoms with Gasteiger partial charge in [-0.25, -0.2) is 0 Å². The van der Waals surface area contributed by atoms with Gasteiger partial charge in [0.15, 0.2) is 0 Å². The minimum Gasteiger partial charge on any atom is -0.494 e. The third-order valence-electron chi connectivity index (χ3n) is 2.89. The average Bonchev–Trinajstić information content (AvgIpc) is 2.29. The third kappa shape index (κ3) is 3.93. The molecule has 0 spiro atoms. The van der Waals surface area contributed by atoms with Crippen LogP contribution in [0.15, 0.2) is 18.2 Å². The maximum atomic E-state index is 5.84. The highest BCUT2D eigenvalue weighted by molar-refractivity contribution is 5.47. The molecule has 0 bridgehead atoms. The highest BCUT2D eigenvalue weighted by atomic mass is 16.5. The number of nitrogens with two attached hydrogens (primary N) is 1. The number of benzene rings is 1. The van der Waals surface area contributed by atoms with Crippen molar-refractivity contribution in [3.63, 3.8) is 0 Å². The van der Waals surface area contributed by atoms with Crippen molar-refractivity contribution in [3.05, 3.63) is 23.8 Å². The summed E-state index contributed by atoms with van der Waals surface area (Å²) in [5.41, 5.74) is 7.81. The van der Waals surface area contributed by atoms with Crippen molar-refractivity contribution in [1.82, 2.24) is 4.90 Å². The molecule has 0 heterocycles. The summed E-state index contributed by atoms with van der Waals surface area (Å²) in [6.07, 6.45) is 0. The molecule has 0 saturated heterocycles. The van der Waals surface area contributed by atoms with Gasteiger partial charge in [-0.1, -0.05) is 6.92 Å². The lowest BCUT2D eigenvalue weighted by molar-refractivity contribution is 0.220. The fourth-order valence-corrected chi connectivity index (χ4v) is 1.90. The van der Waals surface area contributed by atoms with Crippen molar-refractivity contribution in [2.75, 3.05) is 18.9 Å². The predicted molar refractivity (Wildman–Crippen MR) is 73.2 cm³/mol. The number of ether oxygens (including phenoxy) is 1. The fraction of sp³-hybridized carbons (Fsp3) is 0.571. The van der Waals surface area contributed by atoms with E-state index in [0.29, 0.717) is 12.6 Å². The second kappa shape index (κ2) is 6.50. The Balaban J connectivity index is 2.90. The van der Waals surface area contributed by atoms with Gasteiger partial charge in [0, 0.05) is 23.8 Å². The summed E-state index contributed by atoms with van der Waals surface area (Å²) in [6, 6.07) is 6.38. The van der Waals surface area contributed by atoms with Gasteiger partial charge < -0.3 is 10.5 Å². The van der Waals surface area contributed by atoms with Crippen LogP contribution in [0.2, 0.25) is 0 Å². The van der Waals surface area contributed by atoms with E-state index in [1.807, 2.05) is 25.1 Å².